The Bertz CT molecular complexity index is 996. The van der Waals surface area contributed by atoms with Gasteiger partial charge in [0.2, 0.25) is 11.9 Å². The van der Waals surface area contributed by atoms with Crippen LogP contribution in [0, 0.1) is 13.8 Å². The summed E-state index contributed by atoms with van der Waals surface area (Å²) in [6, 6.07) is 1.69. The normalized spacial score (nSPS) is 11.0. The summed E-state index contributed by atoms with van der Waals surface area (Å²) in [5, 5.41) is 5.00. The van der Waals surface area contributed by atoms with Crippen LogP contribution in [0.3, 0.4) is 0 Å². The molecule has 2 N–H and O–H groups in total. The molecule has 0 saturated heterocycles. The summed E-state index contributed by atoms with van der Waals surface area (Å²) in [5.74, 6) is 0.246. The standard InChI is InChI=1S/C16H20N8O2/c1-8-6-10(12-9(2)22-24(5)13(12)18-8)14(25)26-7-11-19-15(17)21-16(20-11)23(3)4/h6H,7H2,1-5H3,(H2,17,19,20,21). The van der Waals surface area contributed by atoms with E-state index in [-0.39, 0.29) is 18.4 Å². The third-order valence-electron chi connectivity index (χ3n) is 3.74. The highest BCUT2D eigenvalue weighted by Crippen LogP contribution is 2.22. The van der Waals surface area contributed by atoms with E-state index in [1.54, 1.807) is 36.8 Å². The second-order valence-electron chi connectivity index (χ2n) is 6.10. The van der Waals surface area contributed by atoms with E-state index in [1.165, 1.54) is 0 Å². The molecule has 3 rings (SSSR count). The minimum Gasteiger partial charge on any atom is -0.454 e. The first-order valence-electron chi connectivity index (χ1n) is 7.92. The van der Waals surface area contributed by atoms with Crippen molar-refractivity contribution in [2.45, 2.75) is 20.5 Å². The van der Waals surface area contributed by atoms with Gasteiger partial charge in [0.1, 0.15) is 0 Å². The van der Waals surface area contributed by atoms with Gasteiger partial charge < -0.3 is 15.4 Å². The van der Waals surface area contributed by atoms with Crippen LogP contribution < -0.4 is 10.6 Å². The molecule has 0 amide bonds. The first-order chi connectivity index (χ1) is 12.3. The number of nitrogens with two attached hydrogens (primary N) is 1. The van der Waals surface area contributed by atoms with Crippen LogP contribution in [-0.4, -0.2) is 49.8 Å². The number of anilines is 2. The molecule has 0 aliphatic rings. The number of hydrogen-bond donors (Lipinski definition) is 1. The van der Waals surface area contributed by atoms with Crippen molar-refractivity contribution in [3.8, 4) is 0 Å². The topological polar surface area (TPSA) is 125 Å². The number of hydrogen-bond acceptors (Lipinski definition) is 9. The van der Waals surface area contributed by atoms with Gasteiger partial charge in [0, 0.05) is 26.8 Å². The minimum absolute atomic E-state index is 0.0694. The fourth-order valence-electron chi connectivity index (χ4n) is 2.63. The highest BCUT2D eigenvalue weighted by atomic mass is 16.5. The summed E-state index contributed by atoms with van der Waals surface area (Å²) in [5.41, 5.74) is 8.14. The third-order valence-corrected chi connectivity index (χ3v) is 3.74. The first-order valence-corrected chi connectivity index (χ1v) is 7.92. The van der Waals surface area contributed by atoms with Crippen LogP contribution in [0.25, 0.3) is 11.0 Å². The lowest BCUT2D eigenvalue weighted by Gasteiger charge is -2.11. The fraction of sp³-hybridized carbons (Fsp3) is 0.375. The molecule has 0 atom stereocenters. The van der Waals surface area contributed by atoms with Crippen molar-refractivity contribution in [1.29, 1.82) is 0 Å². The number of ether oxygens (including phenoxy) is 1. The van der Waals surface area contributed by atoms with Crippen molar-refractivity contribution in [2.75, 3.05) is 24.7 Å². The van der Waals surface area contributed by atoms with E-state index in [1.807, 2.05) is 13.8 Å². The summed E-state index contributed by atoms with van der Waals surface area (Å²) in [7, 11) is 5.35. The quantitative estimate of drug-likeness (QED) is 0.675. The van der Waals surface area contributed by atoms with Crippen molar-refractivity contribution in [2.24, 2.45) is 7.05 Å². The lowest BCUT2D eigenvalue weighted by molar-refractivity contribution is 0.0464. The molecule has 10 heteroatoms. The lowest BCUT2D eigenvalue weighted by atomic mass is 10.1. The molecule has 0 aromatic carbocycles. The molecule has 0 fully saturated rings. The number of carbonyl (C=O) groups excluding carboxylic acids is 1. The van der Waals surface area contributed by atoms with Gasteiger partial charge in [-0.1, -0.05) is 0 Å². The van der Waals surface area contributed by atoms with Crippen LogP contribution in [0.1, 0.15) is 27.6 Å². The van der Waals surface area contributed by atoms with E-state index in [0.29, 0.717) is 33.9 Å². The summed E-state index contributed by atoms with van der Waals surface area (Å²) in [4.78, 5) is 31.0. The van der Waals surface area contributed by atoms with Crippen molar-refractivity contribution in [1.82, 2.24) is 29.7 Å². The monoisotopic (exact) mass is 356 g/mol. The first kappa shape index (κ1) is 17.5. The van der Waals surface area contributed by atoms with Crippen molar-refractivity contribution in [3.63, 3.8) is 0 Å². The van der Waals surface area contributed by atoms with E-state index >= 15 is 0 Å². The Labute approximate surface area is 150 Å². The van der Waals surface area contributed by atoms with Crippen molar-refractivity contribution in [3.05, 3.63) is 28.8 Å². The predicted molar refractivity (Wildman–Crippen MR) is 95.7 cm³/mol. The molecule has 0 radical (unpaired) electrons. The number of pyridine rings is 1. The Kier molecular flexibility index (Phi) is 4.41. The van der Waals surface area contributed by atoms with Gasteiger partial charge in [-0.2, -0.15) is 20.1 Å². The van der Waals surface area contributed by atoms with Gasteiger partial charge in [0.25, 0.3) is 0 Å². The zero-order valence-electron chi connectivity index (χ0n) is 15.3. The largest absolute Gasteiger partial charge is 0.454 e. The second-order valence-corrected chi connectivity index (χ2v) is 6.10. The molecular formula is C16H20N8O2. The van der Waals surface area contributed by atoms with Gasteiger partial charge in [-0.05, 0) is 19.9 Å². The molecule has 3 heterocycles. The van der Waals surface area contributed by atoms with Crippen LogP contribution >= 0.6 is 0 Å². The van der Waals surface area contributed by atoms with Crippen LogP contribution in [0.5, 0.6) is 0 Å². The van der Waals surface area contributed by atoms with Gasteiger partial charge >= 0.3 is 5.97 Å². The van der Waals surface area contributed by atoms with E-state index in [2.05, 4.69) is 25.0 Å². The smallest absolute Gasteiger partial charge is 0.339 e. The summed E-state index contributed by atoms with van der Waals surface area (Å²) in [6.45, 7) is 3.52. The molecule has 0 saturated carbocycles. The van der Waals surface area contributed by atoms with E-state index in [9.17, 15) is 4.79 Å². The number of aryl methyl sites for hydroxylation is 3. The molecule has 0 bridgehead atoms. The van der Waals surface area contributed by atoms with Crippen LogP contribution in [0.15, 0.2) is 6.07 Å². The van der Waals surface area contributed by atoms with Gasteiger partial charge in [-0.15, -0.1) is 0 Å². The molecule has 0 spiro atoms. The average molecular weight is 356 g/mol. The molecule has 10 nitrogen and oxygen atoms in total. The molecule has 0 aliphatic heterocycles. The van der Waals surface area contributed by atoms with Gasteiger partial charge in [0.05, 0.1) is 16.6 Å². The Morgan fingerprint density at radius 2 is 1.96 bits per heavy atom. The SMILES string of the molecule is Cc1cc(C(=O)OCc2nc(N)nc(N(C)C)n2)c2c(C)nn(C)c2n1. The summed E-state index contributed by atoms with van der Waals surface area (Å²) < 4.78 is 7.04. The molecule has 0 aliphatic carbocycles. The third kappa shape index (κ3) is 3.25. The number of aromatic nitrogens is 6. The van der Waals surface area contributed by atoms with Crippen LogP contribution in [0.4, 0.5) is 11.9 Å². The lowest BCUT2D eigenvalue weighted by Crippen LogP contribution is -2.17. The molecule has 136 valence electrons. The number of nitrogen functional groups attached to an aromatic ring is 1. The zero-order valence-corrected chi connectivity index (χ0v) is 15.3. The average Bonchev–Trinajstić information content (AvgIpc) is 2.85. The Balaban J connectivity index is 1.89. The summed E-state index contributed by atoms with van der Waals surface area (Å²) in [6.07, 6.45) is 0. The highest BCUT2D eigenvalue weighted by molar-refractivity contribution is 6.03. The van der Waals surface area contributed by atoms with Crippen LogP contribution in [-0.2, 0) is 18.4 Å². The fourth-order valence-corrected chi connectivity index (χ4v) is 2.63. The molecule has 26 heavy (non-hydrogen) atoms. The van der Waals surface area contributed by atoms with Crippen LogP contribution in [0.2, 0.25) is 0 Å². The van der Waals surface area contributed by atoms with Gasteiger partial charge in [0.15, 0.2) is 18.1 Å². The highest BCUT2D eigenvalue weighted by Gasteiger charge is 2.19. The predicted octanol–water partition coefficient (Wildman–Crippen LogP) is 0.775. The number of rotatable bonds is 4. The van der Waals surface area contributed by atoms with E-state index < -0.39 is 5.97 Å². The maximum atomic E-state index is 12.6. The molecule has 0 unspecified atom stereocenters. The maximum absolute atomic E-state index is 12.6. The number of nitrogens with zero attached hydrogens (tertiary/aromatic N) is 7. The molecule has 3 aromatic rings. The Morgan fingerprint density at radius 3 is 2.65 bits per heavy atom. The van der Waals surface area contributed by atoms with Gasteiger partial charge in [-0.3, -0.25) is 4.68 Å². The number of esters is 1. The van der Waals surface area contributed by atoms with Crippen molar-refractivity contribution < 1.29 is 9.53 Å². The van der Waals surface area contributed by atoms with Crippen molar-refractivity contribution >= 4 is 28.9 Å². The summed E-state index contributed by atoms with van der Waals surface area (Å²) >= 11 is 0. The minimum atomic E-state index is -0.498. The number of carbonyl (C=O) groups is 1. The number of fused-ring (bicyclic) bond motifs is 1. The van der Waals surface area contributed by atoms with E-state index in [0.717, 1.165) is 0 Å². The molecule has 3 aromatic heterocycles. The Hall–Kier alpha value is -3.30. The van der Waals surface area contributed by atoms with Gasteiger partial charge in [-0.25, -0.2) is 9.78 Å². The molecular weight excluding hydrogens is 336 g/mol. The second kappa shape index (κ2) is 6.54. The Morgan fingerprint density at radius 1 is 1.23 bits per heavy atom. The maximum Gasteiger partial charge on any atom is 0.339 e. The zero-order chi connectivity index (χ0) is 19.0. The van der Waals surface area contributed by atoms with E-state index in [4.69, 9.17) is 10.5 Å².